The Hall–Kier alpha value is -2.48. The van der Waals surface area contributed by atoms with Crippen LogP contribution in [-0.4, -0.2) is 6.29 Å². The SMILES string of the molecule is [C-]#[N+]/C(=C\c1ccc(N(c2ccc(I)cc2)c2ccc(I)cc2)cc1)c1ccc(C=O)s1. The normalized spacial score (nSPS) is 11.1. The maximum Gasteiger partial charge on any atom is 0.204 e. The van der Waals surface area contributed by atoms with Crippen molar-refractivity contribution >= 4 is 91.6 Å². The molecule has 0 aliphatic heterocycles. The first kappa shape index (κ1) is 22.7. The molecule has 6 heteroatoms. The first-order valence-electron chi connectivity index (χ1n) is 9.63. The molecule has 0 N–H and O–H groups in total. The number of hydrogen-bond acceptors (Lipinski definition) is 3. The second-order valence-corrected chi connectivity index (χ2v) is 10.4. The van der Waals surface area contributed by atoms with Crippen LogP contribution < -0.4 is 4.90 Å². The van der Waals surface area contributed by atoms with Gasteiger partial charge in [-0.1, -0.05) is 18.2 Å². The molecule has 4 aromatic rings. The number of thiophene rings is 1. The van der Waals surface area contributed by atoms with E-state index in [1.807, 2.05) is 24.3 Å². The van der Waals surface area contributed by atoms with Crippen molar-refractivity contribution in [1.29, 1.82) is 0 Å². The Kier molecular flexibility index (Phi) is 7.40. The van der Waals surface area contributed by atoms with Crippen molar-refractivity contribution in [2.24, 2.45) is 0 Å². The van der Waals surface area contributed by atoms with Crippen LogP contribution in [0.1, 0.15) is 20.1 Å². The fourth-order valence-corrected chi connectivity index (χ4v) is 4.72. The third kappa shape index (κ3) is 5.28. The van der Waals surface area contributed by atoms with Gasteiger partial charge in [-0.2, -0.15) is 0 Å². The van der Waals surface area contributed by atoms with Crippen LogP contribution in [0.4, 0.5) is 17.1 Å². The molecular formula is C26H16I2N2OS. The van der Waals surface area contributed by atoms with E-state index >= 15 is 0 Å². The van der Waals surface area contributed by atoms with Crippen LogP contribution in [0.15, 0.2) is 84.9 Å². The summed E-state index contributed by atoms with van der Waals surface area (Å²) in [4.78, 5) is 18.3. The van der Waals surface area contributed by atoms with Gasteiger partial charge in [-0.15, -0.1) is 11.3 Å². The van der Waals surface area contributed by atoms with E-state index in [2.05, 4.69) is 116 Å². The zero-order valence-corrected chi connectivity index (χ0v) is 21.8. The maximum atomic E-state index is 11.0. The predicted octanol–water partition coefficient (Wildman–Crippen LogP) is 8.66. The van der Waals surface area contributed by atoms with Crippen molar-refractivity contribution in [1.82, 2.24) is 0 Å². The van der Waals surface area contributed by atoms with Crippen LogP contribution in [0, 0.1) is 13.7 Å². The summed E-state index contributed by atoms with van der Waals surface area (Å²) >= 11 is 5.96. The Labute approximate surface area is 218 Å². The van der Waals surface area contributed by atoms with Crippen molar-refractivity contribution in [3.8, 4) is 0 Å². The largest absolute Gasteiger partial charge is 0.311 e. The predicted molar refractivity (Wildman–Crippen MR) is 151 cm³/mol. The first-order valence-corrected chi connectivity index (χ1v) is 12.6. The third-order valence-electron chi connectivity index (χ3n) is 4.74. The molecule has 4 rings (SSSR count). The summed E-state index contributed by atoms with van der Waals surface area (Å²) in [5.74, 6) is 0. The van der Waals surface area contributed by atoms with Gasteiger partial charge < -0.3 is 4.90 Å². The molecule has 3 aromatic carbocycles. The van der Waals surface area contributed by atoms with E-state index in [1.165, 1.54) is 18.5 Å². The van der Waals surface area contributed by atoms with Gasteiger partial charge in [0.2, 0.25) is 5.70 Å². The minimum Gasteiger partial charge on any atom is -0.311 e. The van der Waals surface area contributed by atoms with Gasteiger partial charge >= 0.3 is 0 Å². The molecule has 1 heterocycles. The highest BCUT2D eigenvalue weighted by atomic mass is 127. The van der Waals surface area contributed by atoms with Crippen LogP contribution in [-0.2, 0) is 0 Å². The highest BCUT2D eigenvalue weighted by Gasteiger charge is 2.13. The quantitative estimate of drug-likeness (QED) is 0.118. The number of nitrogens with zero attached hydrogens (tertiary/aromatic N) is 2. The lowest BCUT2D eigenvalue weighted by Crippen LogP contribution is -2.09. The van der Waals surface area contributed by atoms with Gasteiger partial charge in [0.05, 0.1) is 11.4 Å². The van der Waals surface area contributed by atoms with Gasteiger partial charge in [0, 0.05) is 29.1 Å². The minimum atomic E-state index is 0.531. The molecule has 0 atom stereocenters. The molecule has 0 unspecified atom stereocenters. The molecule has 0 fully saturated rings. The van der Waals surface area contributed by atoms with E-state index in [0.717, 1.165) is 33.8 Å². The van der Waals surface area contributed by atoms with Crippen molar-refractivity contribution in [3.05, 3.63) is 119 Å². The lowest BCUT2D eigenvalue weighted by atomic mass is 10.1. The first-order chi connectivity index (χ1) is 15.6. The number of aldehydes is 1. The second-order valence-electron chi connectivity index (χ2n) is 6.84. The number of carbonyl (C=O) groups is 1. The summed E-state index contributed by atoms with van der Waals surface area (Å²) in [6.45, 7) is 7.55. The van der Waals surface area contributed by atoms with Gasteiger partial charge in [-0.3, -0.25) is 4.79 Å². The van der Waals surface area contributed by atoms with Gasteiger partial charge in [0.1, 0.15) is 0 Å². The average Bonchev–Trinajstić information content (AvgIpc) is 3.30. The summed E-state index contributed by atoms with van der Waals surface area (Å²) in [6, 6.07) is 28.6. The van der Waals surface area contributed by atoms with Gasteiger partial charge in [-0.25, -0.2) is 4.85 Å². The summed E-state index contributed by atoms with van der Waals surface area (Å²) in [5, 5.41) is 0. The smallest absolute Gasteiger partial charge is 0.204 e. The van der Waals surface area contributed by atoms with Crippen LogP contribution in [0.2, 0.25) is 0 Å². The Bertz CT molecular complexity index is 1260. The lowest BCUT2D eigenvalue weighted by Gasteiger charge is -2.25. The van der Waals surface area contributed by atoms with Crippen LogP contribution in [0.5, 0.6) is 0 Å². The van der Waals surface area contributed by atoms with Crippen molar-refractivity contribution in [2.45, 2.75) is 0 Å². The summed E-state index contributed by atoms with van der Waals surface area (Å²) < 4.78 is 2.37. The molecule has 1 aromatic heterocycles. The summed E-state index contributed by atoms with van der Waals surface area (Å²) in [5.41, 5.74) is 4.66. The van der Waals surface area contributed by atoms with Crippen LogP contribution in [0.3, 0.4) is 0 Å². The number of carbonyl (C=O) groups excluding carboxylic acids is 1. The number of halogens is 2. The van der Waals surface area contributed by atoms with E-state index in [0.29, 0.717) is 10.6 Å². The highest BCUT2D eigenvalue weighted by molar-refractivity contribution is 14.1. The molecule has 0 aliphatic rings. The standard InChI is InChI=1S/C26H16I2N2OS/c1-29-25(26-15-14-24(17-31)32-26)16-18-2-8-21(9-3-18)30(22-10-4-19(27)5-11-22)23-12-6-20(28)7-13-23/h2-17H/b25-16-. The number of rotatable bonds is 6. The zero-order chi connectivity index (χ0) is 22.5. The van der Waals surface area contributed by atoms with Crippen molar-refractivity contribution < 1.29 is 4.79 Å². The Balaban J connectivity index is 1.70. The van der Waals surface area contributed by atoms with Crippen molar-refractivity contribution in [2.75, 3.05) is 4.90 Å². The Morgan fingerprint density at radius 3 is 1.72 bits per heavy atom. The molecule has 156 valence electrons. The van der Waals surface area contributed by atoms with E-state index in [4.69, 9.17) is 6.57 Å². The topological polar surface area (TPSA) is 24.7 Å². The molecule has 0 saturated carbocycles. The van der Waals surface area contributed by atoms with Gasteiger partial charge in [0.15, 0.2) is 6.29 Å². The molecule has 0 amide bonds. The molecule has 0 spiro atoms. The Morgan fingerprint density at radius 1 is 0.781 bits per heavy atom. The summed E-state index contributed by atoms with van der Waals surface area (Å²) in [7, 11) is 0. The molecule has 0 bridgehead atoms. The molecular weight excluding hydrogens is 642 g/mol. The van der Waals surface area contributed by atoms with Gasteiger partial charge in [-0.05, 0) is 124 Å². The van der Waals surface area contributed by atoms with E-state index in [1.54, 1.807) is 6.07 Å². The lowest BCUT2D eigenvalue weighted by molar-refractivity contribution is 0.112. The second kappa shape index (κ2) is 10.4. The maximum absolute atomic E-state index is 11.0. The van der Waals surface area contributed by atoms with Gasteiger partial charge in [0.25, 0.3) is 0 Å². The fourth-order valence-electron chi connectivity index (χ4n) is 3.22. The fraction of sp³-hybridized carbons (Fsp3) is 0. The van der Waals surface area contributed by atoms with Crippen molar-refractivity contribution in [3.63, 3.8) is 0 Å². The average molecular weight is 658 g/mol. The monoisotopic (exact) mass is 658 g/mol. The molecule has 0 radical (unpaired) electrons. The number of anilines is 3. The number of benzene rings is 3. The summed E-state index contributed by atoms with van der Waals surface area (Å²) in [6.07, 6.45) is 2.67. The molecule has 3 nitrogen and oxygen atoms in total. The molecule has 0 aliphatic carbocycles. The highest BCUT2D eigenvalue weighted by Crippen LogP contribution is 2.35. The van der Waals surface area contributed by atoms with E-state index in [-0.39, 0.29) is 0 Å². The van der Waals surface area contributed by atoms with E-state index in [9.17, 15) is 4.79 Å². The van der Waals surface area contributed by atoms with Crippen LogP contribution >= 0.6 is 56.5 Å². The minimum absolute atomic E-state index is 0.531. The Morgan fingerprint density at radius 2 is 1.28 bits per heavy atom. The van der Waals surface area contributed by atoms with Crippen LogP contribution in [0.25, 0.3) is 16.6 Å². The zero-order valence-electron chi connectivity index (χ0n) is 16.7. The molecule has 0 saturated heterocycles. The van der Waals surface area contributed by atoms with E-state index < -0.39 is 0 Å². The third-order valence-corrected chi connectivity index (χ3v) is 7.21. The number of hydrogen-bond donors (Lipinski definition) is 0. The molecule has 32 heavy (non-hydrogen) atoms.